The molecule has 42 heavy (non-hydrogen) atoms. The molecule has 1 atom stereocenters. The zero-order chi connectivity index (χ0) is 30.5. The summed E-state index contributed by atoms with van der Waals surface area (Å²) in [5.74, 6) is -0.843. The molecule has 3 aromatic rings. The van der Waals surface area contributed by atoms with Crippen LogP contribution in [0.15, 0.2) is 66.7 Å². The Kier molecular flexibility index (Phi) is 12.2. The van der Waals surface area contributed by atoms with Crippen molar-refractivity contribution in [2.45, 2.75) is 33.0 Å². The molecule has 1 unspecified atom stereocenters. The first-order valence-corrected chi connectivity index (χ1v) is 13.4. The van der Waals surface area contributed by atoms with Crippen molar-refractivity contribution in [3.63, 3.8) is 0 Å². The summed E-state index contributed by atoms with van der Waals surface area (Å²) in [6.45, 7) is 4.55. The summed E-state index contributed by atoms with van der Waals surface area (Å²) in [6.07, 6.45) is -0.721. The number of nitro benzene ring substituents is 1. The summed E-state index contributed by atoms with van der Waals surface area (Å²) >= 11 is 0. The highest BCUT2D eigenvalue weighted by Crippen LogP contribution is 2.22. The van der Waals surface area contributed by atoms with E-state index in [1.807, 2.05) is 0 Å². The van der Waals surface area contributed by atoms with Crippen molar-refractivity contribution in [3.05, 3.63) is 99.4 Å². The Morgan fingerprint density at radius 2 is 1.69 bits per heavy atom. The smallest absolute Gasteiger partial charge is 0.333 e. The molecule has 2 amide bonds. The Hall–Kier alpha value is -4.55. The number of nitro groups is 1. The first kappa shape index (κ1) is 32.0. The molecule has 11 nitrogen and oxygen atoms in total. The van der Waals surface area contributed by atoms with E-state index < -0.39 is 23.0 Å². The SMILES string of the molecule is CCOC(Cc1ccc(OCCN(CCOCc2ccc(F)cc2)C(=O)Nc2ccc(C)c([N+](=O)[O-])c2)cc1)C(=O)O. The van der Waals surface area contributed by atoms with E-state index in [1.54, 1.807) is 62.4 Å². The number of carbonyl (C=O) groups is 2. The van der Waals surface area contributed by atoms with Gasteiger partial charge >= 0.3 is 12.0 Å². The number of carboxylic acid groups (broad SMARTS) is 1. The van der Waals surface area contributed by atoms with Crippen LogP contribution in [0.5, 0.6) is 5.75 Å². The molecule has 0 saturated carbocycles. The summed E-state index contributed by atoms with van der Waals surface area (Å²) in [7, 11) is 0. The molecule has 0 aliphatic heterocycles. The van der Waals surface area contributed by atoms with E-state index in [4.69, 9.17) is 14.2 Å². The molecular formula is C30H34FN3O8. The lowest BCUT2D eigenvalue weighted by atomic mass is 10.1. The van der Waals surface area contributed by atoms with Crippen molar-refractivity contribution in [2.75, 3.05) is 38.2 Å². The number of amides is 2. The van der Waals surface area contributed by atoms with Crippen molar-refractivity contribution < 1.29 is 38.2 Å². The normalized spacial score (nSPS) is 11.5. The molecule has 0 saturated heterocycles. The van der Waals surface area contributed by atoms with Gasteiger partial charge in [-0.25, -0.2) is 14.0 Å². The Morgan fingerprint density at radius 1 is 1.02 bits per heavy atom. The minimum Gasteiger partial charge on any atom is -0.492 e. The maximum Gasteiger partial charge on any atom is 0.333 e. The predicted molar refractivity (Wildman–Crippen MR) is 153 cm³/mol. The molecule has 0 aliphatic carbocycles. The molecule has 3 rings (SSSR count). The van der Waals surface area contributed by atoms with E-state index in [2.05, 4.69) is 5.32 Å². The van der Waals surface area contributed by atoms with Crippen LogP contribution in [0, 0.1) is 22.9 Å². The lowest BCUT2D eigenvalue weighted by Gasteiger charge is -2.23. The van der Waals surface area contributed by atoms with Crippen molar-refractivity contribution in [1.82, 2.24) is 4.90 Å². The van der Waals surface area contributed by atoms with Crippen LogP contribution >= 0.6 is 0 Å². The molecule has 0 spiro atoms. The third-order valence-corrected chi connectivity index (χ3v) is 6.25. The molecule has 0 aliphatic rings. The van der Waals surface area contributed by atoms with Gasteiger partial charge in [0.25, 0.3) is 5.69 Å². The second-order valence-electron chi connectivity index (χ2n) is 9.33. The molecule has 0 radical (unpaired) electrons. The molecule has 0 bridgehead atoms. The Morgan fingerprint density at radius 3 is 2.33 bits per heavy atom. The van der Waals surface area contributed by atoms with Crippen LogP contribution in [0.1, 0.15) is 23.6 Å². The van der Waals surface area contributed by atoms with Gasteiger partial charge in [-0.3, -0.25) is 10.1 Å². The topological polar surface area (TPSA) is 140 Å². The minimum absolute atomic E-state index is 0.107. The maximum absolute atomic E-state index is 13.1. The zero-order valence-electron chi connectivity index (χ0n) is 23.5. The highest BCUT2D eigenvalue weighted by Gasteiger charge is 2.19. The average Bonchev–Trinajstić information content (AvgIpc) is 2.96. The molecule has 0 aromatic heterocycles. The quantitative estimate of drug-likeness (QED) is 0.133. The number of anilines is 1. The number of carboxylic acids is 1. The first-order chi connectivity index (χ1) is 20.2. The van der Waals surface area contributed by atoms with Crippen molar-refractivity contribution in [3.8, 4) is 5.75 Å². The van der Waals surface area contributed by atoms with Crippen LogP contribution in [0.4, 0.5) is 20.6 Å². The lowest BCUT2D eigenvalue weighted by molar-refractivity contribution is -0.385. The molecule has 0 heterocycles. The summed E-state index contributed by atoms with van der Waals surface area (Å²) in [5, 5.41) is 23.3. The molecule has 12 heteroatoms. The second-order valence-corrected chi connectivity index (χ2v) is 9.33. The van der Waals surface area contributed by atoms with Gasteiger partial charge in [0.15, 0.2) is 6.10 Å². The van der Waals surface area contributed by atoms with Crippen LogP contribution in [0.3, 0.4) is 0 Å². The maximum atomic E-state index is 13.1. The monoisotopic (exact) mass is 583 g/mol. The molecule has 3 aromatic carbocycles. The zero-order valence-corrected chi connectivity index (χ0v) is 23.5. The number of carbonyl (C=O) groups excluding carboxylic acids is 1. The number of aryl methyl sites for hydroxylation is 1. The number of rotatable bonds is 16. The number of aliphatic carboxylic acids is 1. The summed E-state index contributed by atoms with van der Waals surface area (Å²) in [4.78, 5) is 36.7. The van der Waals surface area contributed by atoms with Crippen LogP contribution in [-0.4, -0.2) is 65.9 Å². The van der Waals surface area contributed by atoms with E-state index in [0.717, 1.165) is 11.1 Å². The third-order valence-electron chi connectivity index (χ3n) is 6.25. The Bertz CT molecular complexity index is 1340. The fraction of sp³-hybridized carbons (Fsp3) is 0.333. The van der Waals surface area contributed by atoms with Crippen molar-refractivity contribution in [1.29, 1.82) is 0 Å². The van der Waals surface area contributed by atoms with Crippen LogP contribution < -0.4 is 10.1 Å². The Labute approximate surface area is 243 Å². The predicted octanol–water partition coefficient (Wildman–Crippen LogP) is 5.20. The summed E-state index contributed by atoms with van der Waals surface area (Å²) in [6, 6.07) is 16.8. The van der Waals surface area contributed by atoms with Crippen LogP contribution in [0.25, 0.3) is 0 Å². The van der Waals surface area contributed by atoms with Crippen LogP contribution in [0.2, 0.25) is 0 Å². The van der Waals surface area contributed by atoms with Gasteiger partial charge in [-0.15, -0.1) is 0 Å². The third kappa shape index (κ3) is 10.1. The second kappa shape index (κ2) is 16.0. The molecule has 224 valence electrons. The van der Waals surface area contributed by atoms with Gasteiger partial charge in [-0.05, 0) is 55.3 Å². The average molecular weight is 584 g/mol. The van der Waals surface area contributed by atoms with Gasteiger partial charge in [0, 0.05) is 36.9 Å². The van der Waals surface area contributed by atoms with E-state index in [1.165, 1.54) is 23.1 Å². The van der Waals surface area contributed by atoms with E-state index >= 15 is 0 Å². The van der Waals surface area contributed by atoms with E-state index in [9.17, 15) is 29.2 Å². The number of nitrogens with zero attached hydrogens (tertiary/aromatic N) is 2. The molecular weight excluding hydrogens is 549 g/mol. The van der Waals surface area contributed by atoms with E-state index in [-0.39, 0.29) is 56.5 Å². The highest BCUT2D eigenvalue weighted by molar-refractivity contribution is 5.89. The van der Waals surface area contributed by atoms with Crippen molar-refractivity contribution >= 4 is 23.4 Å². The summed E-state index contributed by atoms with van der Waals surface area (Å²) < 4.78 is 29.9. The largest absolute Gasteiger partial charge is 0.492 e. The highest BCUT2D eigenvalue weighted by atomic mass is 19.1. The number of hydrogen-bond acceptors (Lipinski definition) is 7. The Balaban J connectivity index is 1.59. The van der Waals surface area contributed by atoms with Gasteiger partial charge in [-0.1, -0.05) is 30.3 Å². The number of ether oxygens (including phenoxy) is 3. The van der Waals surface area contributed by atoms with Crippen LogP contribution in [-0.2, 0) is 27.3 Å². The number of nitrogens with one attached hydrogen (secondary N) is 1. The first-order valence-electron chi connectivity index (χ1n) is 13.4. The van der Waals surface area contributed by atoms with Gasteiger partial charge in [0.2, 0.25) is 0 Å². The number of halogens is 1. The lowest BCUT2D eigenvalue weighted by Crippen LogP contribution is -2.40. The standard InChI is InChI=1S/C30H34FN3O8/c1-3-41-28(29(35)36)18-22-7-12-26(13-8-22)42-17-15-33(14-16-40-20-23-5-9-24(31)10-6-23)30(37)32-25-11-4-21(2)27(19-25)34(38)39/h4-13,19,28H,3,14-18,20H2,1-2H3,(H,32,37)(H,35,36). The van der Waals surface area contributed by atoms with Gasteiger partial charge in [-0.2, -0.15) is 0 Å². The van der Waals surface area contributed by atoms with Gasteiger partial charge in [0.1, 0.15) is 18.2 Å². The number of benzene rings is 3. The van der Waals surface area contributed by atoms with Gasteiger partial charge < -0.3 is 29.5 Å². The fourth-order valence-electron chi connectivity index (χ4n) is 3.97. The minimum atomic E-state index is -1.03. The van der Waals surface area contributed by atoms with Gasteiger partial charge in [0.05, 0.1) is 24.7 Å². The molecule has 0 fully saturated rings. The summed E-state index contributed by atoms with van der Waals surface area (Å²) in [5.41, 5.74) is 2.19. The molecule has 2 N–H and O–H groups in total. The van der Waals surface area contributed by atoms with E-state index in [0.29, 0.717) is 17.9 Å². The van der Waals surface area contributed by atoms with Crippen molar-refractivity contribution in [2.24, 2.45) is 0 Å². The number of urea groups is 1. The number of hydrogen-bond donors (Lipinski definition) is 2. The fourth-order valence-corrected chi connectivity index (χ4v) is 3.97.